The van der Waals surface area contributed by atoms with Crippen molar-refractivity contribution >= 4 is 84.1 Å². The van der Waals surface area contributed by atoms with E-state index in [0.29, 0.717) is 25.2 Å². The summed E-state index contributed by atoms with van der Waals surface area (Å²) in [5.41, 5.74) is 8.29. The zero-order valence-electron chi connectivity index (χ0n) is 21.7. The minimum atomic E-state index is -0.676. The van der Waals surface area contributed by atoms with Crippen molar-refractivity contribution in [3.05, 3.63) is 120 Å². The molecule has 0 fully saturated rings. The average Bonchev–Trinajstić information content (AvgIpc) is 3.30. The first-order valence-corrected chi connectivity index (χ1v) is 14.6. The van der Waals surface area contributed by atoms with E-state index in [4.69, 9.17) is 27.9 Å². The third kappa shape index (κ3) is 6.26. The van der Waals surface area contributed by atoms with Crippen LogP contribution in [0, 0.1) is 13.8 Å². The molecule has 5 aromatic rings. The first-order valence-electron chi connectivity index (χ1n) is 12.3. The van der Waals surface area contributed by atoms with Crippen molar-refractivity contribution in [2.75, 3.05) is 0 Å². The highest BCUT2D eigenvalue weighted by Crippen LogP contribution is 2.35. The van der Waals surface area contributed by atoms with Gasteiger partial charge in [0, 0.05) is 31.5 Å². The van der Waals surface area contributed by atoms with Gasteiger partial charge in [0.05, 0.1) is 21.3 Å². The smallest absolute Gasteiger partial charge is 0.345 e. The lowest BCUT2D eigenvalue weighted by molar-refractivity contribution is 0.0733. The van der Waals surface area contributed by atoms with Gasteiger partial charge in [0.25, 0.3) is 5.91 Å². The second-order valence-corrected chi connectivity index (χ2v) is 11.9. The van der Waals surface area contributed by atoms with E-state index in [9.17, 15) is 9.59 Å². The topological polar surface area (TPSA) is 83.6 Å². The normalized spacial score (nSPS) is 11.3. The Morgan fingerprint density at radius 3 is 2.46 bits per heavy atom. The van der Waals surface area contributed by atoms with E-state index in [1.165, 1.54) is 18.3 Å². The third-order valence-electron chi connectivity index (χ3n) is 6.29. The van der Waals surface area contributed by atoms with Crippen LogP contribution in [0.1, 0.15) is 37.5 Å². The molecule has 5 rings (SSSR count). The van der Waals surface area contributed by atoms with Crippen molar-refractivity contribution < 1.29 is 14.3 Å². The number of aryl methyl sites for hydroxylation is 2. The van der Waals surface area contributed by atoms with Crippen LogP contribution < -0.4 is 10.2 Å². The van der Waals surface area contributed by atoms with Gasteiger partial charge in [-0.15, -0.1) is 0 Å². The van der Waals surface area contributed by atoms with Crippen LogP contribution in [0.5, 0.6) is 5.75 Å². The molecule has 0 unspecified atom stereocenters. The molecule has 0 atom stereocenters. The van der Waals surface area contributed by atoms with Gasteiger partial charge < -0.3 is 9.72 Å². The largest absolute Gasteiger partial charge is 0.421 e. The summed E-state index contributed by atoms with van der Waals surface area (Å²) in [5.74, 6) is -0.901. The molecule has 4 aromatic carbocycles. The predicted molar refractivity (Wildman–Crippen MR) is 172 cm³/mol. The van der Waals surface area contributed by atoms with Gasteiger partial charge in [-0.3, -0.25) is 4.79 Å². The SMILES string of the molecule is Cc1cc(C)c2[nH]c(C(=O)NN=Cc3cc(Br)cc(Br)c3OC(=O)c3ccc(Cl)cc3Cl)c(-c3ccccc3)c2c1. The number of H-pyrrole nitrogens is 1. The maximum absolute atomic E-state index is 13.5. The van der Waals surface area contributed by atoms with Crippen LogP contribution >= 0.6 is 55.1 Å². The number of nitrogens with one attached hydrogen (secondary N) is 2. The Morgan fingerprint density at radius 1 is 0.976 bits per heavy atom. The lowest BCUT2D eigenvalue weighted by atomic mass is 9.99. The minimum absolute atomic E-state index is 0.153. The number of amides is 1. The molecule has 0 bridgehead atoms. The van der Waals surface area contributed by atoms with Crippen LogP contribution in [-0.4, -0.2) is 23.1 Å². The summed E-state index contributed by atoms with van der Waals surface area (Å²) in [6.45, 7) is 4.03. The Hall–Kier alpha value is -3.43. The summed E-state index contributed by atoms with van der Waals surface area (Å²) in [7, 11) is 0. The Bertz CT molecular complexity index is 1850. The first kappa shape index (κ1) is 29.1. The lowest BCUT2D eigenvalue weighted by Crippen LogP contribution is -2.19. The molecule has 206 valence electrons. The first-order chi connectivity index (χ1) is 19.6. The number of hydrogen-bond donors (Lipinski definition) is 2. The molecule has 41 heavy (non-hydrogen) atoms. The van der Waals surface area contributed by atoms with Crippen LogP contribution in [0.25, 0.3) is 22.0 Å². The molecule has 0 radical (unpaired) electrons. The fourth-order valence-corrected chi connectivity index (χ4v) is 6.36. The molecular weight excluding hydrogens is 693 g/mol. The Kier molecular flexibility index (Phi) is 8.66. The highest BCUT2D eigenvalue weighted by molar-refractivity contribution is 9.11. The number of hydrogen-bond acceptors (Lipinski definition) is 4. The van der Waals surface area contributed by atoms with Gasteiger partial charge in [-0.2, -0.15) is 5.10 Å². The summed E-state index contributed by atoms with van der Waals surface area (Å²) in [5, 5.41) is 5.71. The minimum Gasteiger partial charge on any atom is -0.421 e. The second-order valence-electron chi connectivity index (χ2n) is 9.26. The highest BCUT2D eigenvalue weighted by atomic mass is 79.9. The summed E-state index contributed by atoms with van der Waals surface area (Å²) in [4.78, 5) is 29.7. The maximum atomic E-state index is 13.5. The van der Waals surface area contributed by atoms with Crippen molar-refractivity contribution in [3.8, 4) is 16.9 Å². The molecular formula is C31H21Br2Cl2N3O3. The van der Waals surface area contributed by atoms with Crippen LogP contribution in [0.3, 0.4) is 0 Å². The number of halogens is 4. The quantitative estimate of drug-likeness (QED) is 0.0797. The molecule has 2 N–H and O–H groups in total. The number of hydrazone groups is 1. The number of rotatable bonds is 6. The number of fused-ring (bicyclic) bond motifs is 1. The Morgan fingerprint density at radius 2 is 1.73 bits per heavy atom. The summed E-state index contributed by atoms with van der Waals surface area (Å²) in [6.07, 6.45) is 1.40. The number of ether oxygens (including phenoxy) is 1. The number of aromatic amines is 1. The standard InChI is InChI=1S/C31H21Br2Cl2N3O3/c1-16-10-17(2)27-23(11-16)26(18-6-4-3-5-7-18)28(37-27)30(39)38-36-15-19-12-20(32)13-24(33)29(19)41-31(40)22-9-8-21(34)14-25(22)35/h3-15,37H,1-2H3,(H,38,39). The van der Waals surface area contributed by atoms with Crippen molar-refractivity contribution in [3.63, 3.8) is 0 Å². The van der Waals surface area contributed by atoms with Crippen molar-refractivity contribution in [1.29, 1.82) is 0 Å². The van der Waals surface area contributed by atoms with Crippen LogP contribution in [0.4, 0.5) is 0 Å². The highest BCUT2D eigenvalue weighted by Gasteiger charge is 2.21. The van der Waals surface area contributed by atoms with E-state index < -0.39 is 11.9 Å². The number of benzene rings is 4. The van der Waals surface area contributed by atoms with E-state index in [1.807, 2.05) is 44.2 Å². The number of aromatic nitrogens is 1. The lowest BCUT2D eigenvalue weighted by Gasteiger charge is -2.11. The van der Waals surface area contributed by atoms with Crippen molar-refractivity contribution in [2.24, 2.45) is 5.10 Å². The van der Waals surface area contributed by atoms with E-state index >= 15 is 0 Å². The fraction of sp³-hybridized carbons (Fsp3) is 0.0645. The molecule has 1 aromatic heterocycles. The van der Waals surface area contributed by atoms with Crippen LogP contribution in [0.15, 0.2) is 86.8 Å². The van der Waals surface area contributed by atoms with Gasteiger partial charge in [-0.1, -0.05) is 81.1 Å². The molecule has 1 amide bonds. The van der Waals surface area contributed by atoms with E-state index in [-0.39, 0.29) is 16.3 Å². The van der Waals surface area contributed by atoms with Gasteiger partial charge >= 0.3 is 5.97 Å². The Balaban J connectivity index is 1.46. The maximum Gasteiger partial charge on any atom is 0.345 e. The van der Waals surface area contributed by atoms with Gasteiger partial charge in [-0.05, 0) is 77.3 Å². The number of carbonyl (C=O) groups is 2. The molecule has 1 heterocycles. The van der Waals surface area contributed by atoms with Crippen LogP contribution in [0.2, 0.25) is 10.0 Å². The fourth-order valence-electron chi connectivity index (χ4n) is 4.53. The number of carbonyl (C=O) groups excluding carboxylic acids is 2. The van der Waals surface area contributed by atoms with E-state index in [1.54, 1.807) is 18.2 Å². The summed E-state index contributed by atoms with van der Waals surface area (Å²) in [6, 6.07) is 21.8. The third-order valence-corrected chi connectivity index (χ3v) is 7.89. The molecule has 0 aliphatic carbocycles. The second kappa shape index (κ2) is 12.2. The summed E-state index contributed by atoms with van der Waals surface area (Å²) < 4.78 is 6.87. The zero-order chi connectivity index (χ0) is 29.3. The molecule has 10 heteroatoms. The number of nitrogens with zero attached hydrogens (tertiary/aromatic N) is 1. The molecule has 0 aliphatic heterocycles. The van der Waals surface area contributed by atoms with E-state index in [0.717, 1.165) is 33.2 Å². The number of esters is 1. The molecule has 0 saturated carbocycles. The molecule has 6 nitrogen and oxygen atoms in total. The van der Waals surface area contributed by atoms with Crippen molar-refractivity contribution in [2.45, 2.75) is 13.8 Å². The van der Waals surface area contributed by atoms with Crippen LogP contribution in [-0.2, 0) is 0 Å². The monoisotopic (exact) mass is 711 g/mol. The van der Waals surface area contributed by atoms with Gasteiger partial charge in [0.15, 0.2) is 5.75 Å². The summed E-state index contributed by atoms with van der Waals surface area (Å²) >= 11 is 19.0. The van der Waals surface area contributed by atoms with Gasteiger partial charge in [0.1, 0.15) is 5.69 Å². The Labute approximate surface area is 263 Å². The van der Waals surface area contributed by atoms with E-state index in [2.05, 4.69) is 59.5 Å². The van der Waals surface area contributed by atoms with Crippen molar-refractivity contribution in [1.82, 2.24) is 10.4 Å². The molecule has 0 aliphatic rings. The van der Waals surface area contributed by atoms with Gasteiger partial charge in [-0.25, -0.2) is 10.2 Å². The molecule has 0 saturated heterocycles. The van der Waals surface area contributed by atoms with Gasteiger partial charge in [0.2, 0.25) is 0 Å². The predicted octanol–water partition coefficient (Wildman–Crippen LogP) is 9.27. The zero-order valence-corrected chi connectivity index (χ0v) is 26.4. The average molecular weight is 714 g/mol. The molecule has 0 spiro atoms.